The highest BCUT2D eigenvalue weighted by Crippen LogP contribution is 2.17. The predicted octanol–water partition coefficient (Wildman–Crippen LogP) is 2.05. The van der Waals surface area contributed by atoms with E-state index in [0.717, 1.165) is 12.4 Å². The third kappa shape index (κ3) is 2.92. The van der Waals surface area contributed by atoms with Crippen LogP contribution in [0.25, 0.3) is 0 Å². The van der Waals surface area contributed by atoms with Gasteiger partial charge in [0.2, 0.25) is 0 Å². The molecule has 0 atom stereocenters. The number of hydrogen-bond donors (Lipinski definition) is 3. The maximum Gasteiger partial charge on any atom is 0.145 e. The number of rotatable bonds is 4. The minimum absolute atomic E-state index is 0.614. The topological polar surface area (TPSA) is 75.9 Å². The monoisotopic (exact) mass is 249 g/mol. The van der Waals surface area contributed by atoms with Crippen LogP contribution in [0.15, 0.2) is 17.5 Å². The van der Waals surface area contributed by atoms with Gasteiger partial charge in [-0.2, -0.15) is 0 Å². The van der Waals surface area contributed by atoms with E-state index in [9.17, 15) is 0 Å². The van der Waals surface area contributed by atoms with Gasteiger partial charge in [0.1, 0.15) is 17.5 Å². The van der Waals surface area contributed by atoms with E-state index >= 15 is 0 Å². The van der Waals surface area contributed by atoms with E-state index in [0.29, 0.717) is 11.6 Å². The summed E-state index contributed by atoms with van der Waals surface area (Å²) in [7, 11) is 0. The van der Waals surface area contributed by atoms with Gasteiger partial charge in [-0.05, 0) is 30.9 Å². The fourth-order valence-corrected chi connectivity index (χ4v) is 2.33. The van der Waals surface area contributed by atoms with Crippen LogP contribution in [-0.4, -0.2) is 9.97 Å². The summed E-state index contributed by atoms with van der Waals surface area (Å²) >= 11 is 1.74. The molecule has 0 aromatic carbocycles. The van der Waals surface area contributed by atoms with E-state index < -0.39 is 0 Å². The minimum Gasteiger partial charge on any atom is -0.365 e. The second kappa shape index (κ2) is 5.11. The molecule has 0 radical (unpaired) electrons. The summed E-state index contributed by atoms with van der Waals surface area (Å²) in [5, 5.41) is 5.35. The number of nitrogens with zero attached hydrogens (tertiary/aromatic N) is 2. The lowest BCUT2D eigenvalue weighted by Crippen LogP contribution is -2.11. The third-order valence-electron chi connectivity index (χ3n) is 2.38. The molecule has 2 aromatic heterocycles. The first-order valence-corrected chi connectivity index (χ1v) is 6.16. The molecule has 2 heterocycles. The first kappa shape index (κ1) is 11.8. The lowest BCUT2D eigenvalue weighted by atomic mass is 10.3. The maximum atomic E-state index is 5.34. The third-order valence-corrected chi connectivity index (χ3v) is 3.41. The summed E-state index contributed by atoms with van der Waals surface area (Å²) < 4.78 is 0. The second-order valence-corrected chi connectivity index (χ2v) is 4.71. The van der Waals surface area contributed by atoms with Gasteiger partial charge in [0, 0.05) is 10.9 Å². The van der Waals surface area contributed by atoms with Crippen molar-refractivity contribution >= 4 is 23.0 Å². The van der Waals surface area contributed by atoms with Crippen LogP contribution >= 0.6 is 11.3 Å². The fourth-order valence-electron chi connectivity index (χ4n) is 1.49. The maximum absolute atomic E-state index is 5.34. The molecule has 0 aliphatic heterocycles. The molecule has 0 fully saturated rings. The van der Waals surface area contributed by atoms with E-state index in [1.165, 1.54) is 10.4 Å². The molecule has 2 rings (SSSR count). The highest BCUT2D eigenvalue weighted by Gasteiger charge is 2.03. The van der Waals surface area contributed by atoms with Gasteiger partial charge >= 0.3 is 0 Å². The molecule has 0 unspecified atom stereocenters. The summed E-state index contributed by atoms with van der Waals surface area (Å²) in [5.41, 5.74) is 3.82. The number of aromatic nitrogens is 2. The van der Waals surface area contributed by atoms with E-state index in [1.54, 1.807) is 17.4 Å². The van der Waals surface area contributed by atoms with Gasteiger partial charge in [-0.25, -0.2) is 15.8 Å². The molecular weight excluding hydrogens is 234 g/mol. The van der Waals surface area contributed by atoms with Crippen LogP contribution < -0.4 is 16.6 Å². The molecule has 0 bridgehead atoms. The molecule has 0 saturated heterocycles. The Morgan fingerprint density at radius 1 is 1.29 bits per heavy atom. The summed E-state index contributed by atoms with van der Waals surface area (Å²) in [4.78, 5) is 9.74. The smallest absolute Gasteiger partial charge is 0.145 e. The van der Waals surface area contributed by atoms with Crippen LogP contribution in [0.1, 0.15) is 16.3 Å². The molecule has 6 heteroatoms. The Balaban J connectivity index is 2.09. The van der Waals surface area contributed by atoms with Crippen molar-refractivity contribution in [3.8, 4) is 0 Å². The molecule has 0 saturated carbocycles. The quantitative estimate of drug-likeness (QED) is 0.571. The van der Waals surface area contributed by atoms with Crippen LogP contribution in [0.3, 0.4) is 0 Å². The van der Waals surface area contributed by atoms with Crippen LogP contribution in [0.2, 0.25) is 0 Å². The van der Waals surface area contributed by atoms with Crippen LogP contribution in [0, 0.1) is 13.8 Å². The lowest BCUT2D eigenvalue weighted by Gasteiger charge is -2.07. The van der Waals surface area contributed by atoms with Crippen molar-refractivity contribution in [2.24, 2.45) is 5.84 Å². The van der Waals surface area contributed by atoms with Crippen molar-refractivity contribution in [3.05, 3.63) is 33.8 Å². The van der Waals surface area contributed by atoms with E-state index in [2.05, 4.69) is 39.1 Å². The van der Waals surface area contributed by atoms with Crippen LogP contribution in [0.5, 0.6) is 0 Å². The van der Waals surface area contributed by atoms with E-state index in [1.807, 2.05) is 6.92 Å². The van der Waals surface area contributed by atoms with Gasteiger partial charge in [-0.15, -0.1) is 11.3 Å². The van der Waals surface area contributed by atoms with Crippen molar-refractivity contribution in [1.29, 1.82) is 0 Å². The van der Waals surface area contributed by atoms with Crippen molar-refractivity contribution in [1.82, 2.24) is 9.97 Å². The normalized spacial score (nSPS) is 10.3. The minimum atomic E-state index is 0.614. The summed E-state index contributed by atoms with van der Waals surface area (Å²) in [6.45, 7) is 4.71. The number of hydrazine groups is 1. The highest BCUT2D eigenvalue weighted by atomic mass is 32.1. The van der Waals surface area contributed by atoms with Crippen molar-refractivity contribution in [2.45, 2.75) is 20.4 Å². The SMILES string of the molecule is Cc1nc(NN)cc(NCc2sccc2C)n1. The van der Waals surface area contributed by atoms with Crippen LogP contribution in [-0.2, 0) is 6.54 Å². The Morgan fingerprint density at radius 2 is 2.06 bits per heavy atom. The molecule has 4 N–H and O–H groups in total. The zero-order chi connectivity index (χ0) is 12.3. The molecule has 17 heavy (non-hydrogen) atoms. The zero-order valence-electron chi connectivity index (χ0n) is 9.82. The van der Waals surface area contributed by atoms with Crippen molar-refractivity contribution in [2.75, 3.05) is 10.7 Å². The number of anilines is 2. The van der Waals surface area contributed by atoms with Crippen molar-refractivity contribution in [3.63, 3.8) is 0 Å². The molecule has 90 valence electrons. The summed E-state index contributed by atoms with van der Waals surface area (Å²) in [5.74, 6) is 7.41. The standard InChI is InChI=1S/C11H15N5S/c1-7-3-4-17-9(7)6-13-10-5-11(16-12)15-8(2)14-10/h3-5H,6,12H2,1-2H3,(H2,13,14,15,16). The molecule has 0 aliphatic rings. The highest BCUT2D eigenvalue weighted by molar-refractivity contribution is 7.10. The first-order valence-electron chi connectivity index (χ1n) is 5.28. The van der Waals surface area contributed by atoms with E-state index in [-0.39, 0.29) is 0 Å². The van der Waals surface area contributed by atoms with Gasteiger partial charge in [0.25, 0.3) is 0 Å². The lowest BCUT2D eigenvalue weighted by molar-refractivity contribution is 1.02. The molecule has 0 spiro atoms. The van der Waals surface area contributed by atoms with Gasteiger partial charge in [0.15, 0.2) is 0 Å². The molecule has 2 aromatic rings. The number of aryl methyl sites for hydroxylation is 2. The fraction of sp³-hybridized carbons (Fsp3) is 0.273. The Morgan fingerprint density at radius 3 is 2.71 bits per heavy atom. The Hall–Kier alpha value is -1.66. The largest absolute Gasteiger partial charge is 0.365 e. The van der Waals surface area contributed by atoms with Gasteiger partial charge in [-0.3, -0.25) is 0 Å². The number of nitrogens with two attached hydrogens (primary N) is 1. The second-order valence-electron chi connectivity index (χ2n) is 3.71. The number of nitrogen functional groups attached to an aromatic ring is 1. The van der Waals surface area contributed by atoms with Gasteiger partial charge < -0.3 is 10.7 Å². The number of nitrogens with one attached hydrogen (secondary N) is 2. The Kier molecular flexibility index (Phi) is 3.55. The summed E-state index contributed by atoms with van der Waals surface area (Å²) in [6, 6.07) is 3.90. The Bertz CT molecular complexity index is 508. The molecular formula is C11H15N5S. The molecule has 5 nitrogen and oxygen atoms in total. The first-order chi connectivity index (χ1) is 8.19. The number of hydrogen-bond acceptors (Lipinski definition) is 6. The van der Waals surface area contributed by atoms with Crippen LogP contribution in [0.4, 0.5) is 11.6 Å². The van der Waals surface area contributed by atoms with Gasteiger partial charge in [-0.1, -0.05) is 0 Å². The summed E-state index contributed by atoms with van der Waals surface area (Å²) in [6.07, 6.45) is 0. The van der Waals surface area contributed by atoms with Crippen molar-refractivity contribution < 1.29 is 0 Å². The molecule has 0 aliphatic carbocycles. The zero-order valence-corrected chi connectivity index (χ0v) is 10.6. The average Bonchev–Trinajstić information content (AvgIpc) is 2.71. The molecule has 0 amide bonds. The van der Waals surface area contributed by atoms with Gasteiger partial charge in [0.05, 0.1) is 6.54 Å². The van der Waals surface area contributed by atoms with E-state index in [4.69, 9.17) is 5.84 Å². The Labute approximate surface area is 104 Å². The predicted molar refractivity (Wildman–Crippen MR) is 71.0 cm³/mol. The number of thiophene rings is 1. The average molecular weight is 249 g/mol.